The normalized spacial score (nSPS) is 16.4. The molecule has 0 aliphatic carbocycles. The van der Waals surface area contributed by atoms with Crippen LogP contribution in [0.25, 0.3) is 0 Å². The highest BCUT2D eigenvalue weighted by atomic mass is 19.1. The molecule has 6 heteroatoms. The fourth-order valence-electron chi connectivity index (χ4n) is 2.27. The van der Waals surface area contributed by atoms with Crippen LogP contribution < -0.4 is 10.1 Å². The Bertz CT molecular complexity index is 744. The van der Waals surface area contributed by atoms with Gasteiger partial charge in [-0.15, -0.1) is 0 Å². The number of benzene rings is 2. The first-order chi connectivity index (χ1) is 11.2. The minimum absolute atomic E-state index is 0.225. The van der Waals surface area contributed by atoms with Gasteiger partial charge in [-0.3, -0.25) is 4.79 Å². The van der Waals surface area contributed by atoms with Gasteiger partial charge in [-0.25, -0.2) is 4.39 Å². The van der Waals surface area contributed by atoms with Crippen LogP contribution in [0.3, 0.4) is 0 Å². The monoisotopic (exact) mass is 314 g/mol. The number of rotatable bonds is 4. The van der Waals surface area contributed by atoms with Crippen LogP contribution in [0.1, 0.15) is 12.0 Å². The largest absolute Gasteiger partial charge is 0.497 e. The third-order valence-electron chi connectivity index (χ3n) is 3.50. The van der Waals surface area contributed by atoms with Crippen molar-refractivity contribution in [2.45, 2.75) is 12.5 Å². The van der Waals surface area contributed by atoms with Gasteiger partial charge in [0.05, 0.1) is 12.8 Å². The summed E-state index contributed by atoms with van der Waals surface area (Å²) in [7, 11) is 1.57. The maximum absolute atomic E-state index is 13.7. The van der Waals surface area contributed by atoms with Gasteiger partial charge >= 0.3 is 0 Å². The van der Waals surface area contributed by atoms with E-state index in [2.05, 4.69) is 10.5 Å². The predicted molar refractivity (Wildman–Crippen MR) is 84.1 cm³/mol. The van der Waals surface area contributed by atoms with Gasteiger partial charge in [0.25, 0.3) is 5.91 Å². The summed E-state index contributed by atoms with van der Waals surface area (Å²) in [5, 5.41) is 6.57. The molecule has 118 valence electrons. The Morgan fingerprint density at radius 3 is 2.70 bits per heavy atom. The molecule has 0 saturated carbocycles. The topological polar surface area (TPSA) is 59.9 Å². The summed E-state index contributed by atoms with van der Waals surface area (Å²) in [6, 6.07) is 13.2. The van der Waals surface area contributed by atoms with Gasteiger partial charge in [-0.05, 0) is 30.3 Å². The van der Waals surface area contributed by atoms with E-state index in [0.29, 0.717) is 22.7 Å². The van der Waals surface area contributed by atoms with Crippen LogP contribution in [0, 0.1) is 5.82 Å². The molecule has 2 aromatic rings. The van der Waals surface area contributed by atoms with Crippen LogP contribution in [-0.2, 0) is 9.63 Å². The lowest BCUT2D eigenvalue weighted by Crippen LogP contribution is -2.28. The number of halogens is 1. The summed E-state index contributed by atoms with van der Waals surface area (Å²) in [6.45, 7) is 0. The van der Waals surface area contributed by atoms with Crippen molar-refractivity contribution in [1.29, 1.82) is 0 Å². The molecule has 0 spiro atoms. The lowest BCUT2D eigenvalue weighted by Gasteiger charge is -2.10. The quantitative estimate of drug-likeness (QED) is 0.944. The highest BCUT2D eigenvalue weighted by Gasteiger charge is 2.30. The average Bonchev–Trinajstić information content (AvgIpc) is 3.06. The van der Waals surface area contributed by atoms with Gasteiger partial charge in [0.15, 0.2) is 0 Å². The Balaban J connectivity index is 1.63. The van der Waals surface area contributed by atoms with Crippen molar-refractivity contribution >= 4 is 17.3 Å². The van der Waals surface area contributed by atoms with E-state index in [1.807, 2.05) is 0 Å². The molecule has 1 N–H and O–H groups in total. The van der Waals surface area contributed by atoms with Gasteiger partial charge in [0, 0.05) is 17.7 Å². The third kappa shape index (κ3) is 3.31. The highest BCUT2D eigenvalue weighted by Crippen LogP contribution is 2.21. The molecule has 1 amide bonds. The number of oxime groups is 1. The molecular weight excluding hydrogens is 299 g/mol. The van der Waals surface area contributed by atoms with Gasteiger partial charge < -0.3 is 14.9 Å². The zero-order chi connectivity index (χ0) is 16.2. The average molecular weight is 314 g/mol. The Kier molecular flexibility index (Phi) is 4.23. The smallest absolute Gasteiger partial charge is 0.268 e. The lowest BCUT2D eigenvalue weighted by molar-refractivity contribution is -0.125. The molecule has 0 radical (unpaired) electrons. The van der Waals surface area contributed by atoms with E-state index in [-0.39, 0.29) is 18.1 Å². The number of hydrogen-bond acceptors (Lipinski definition) is 4. The number of nitrogens with zero attached hydrogens (tertiary/aromatic N) is 1. The molecule has 1 atom stereocenters. The van der Waals surface area contributed by atoms with Crippen molar-refractivity contribution in [3.05, 3.63) is 59.9 Å². The summed E-state index contributed by atoms with van der Waals surface area (Å²) in [5.41, 5.74) is 1.41. The minimum Gasteiger partial charge on any atom is -0.497 e. The van der Waals surface area contributed by atoms with Crippen LogP contribution in [0.2, 0.25) is 0 Å². The van der Waals surface area contributed by atoms with Gasteiger partial charge in [-0.2, -0.15) is 0 Å². The van der Waals surface area contributed by atoms with E-state index < -0.39 is 6.10 Å². The van der Waals surface area contributed by atoms with Crippen molar-refractivity contribution < 1.29 is 18.8 Å². The molecule has 0 aromatic heterocycles. The van der Waals surface area contributed by atoms with Crippen molar-refractivity contribution in [2.24, 2.45) is 5.16 Å². The SMILES string of the molecule is COc1ccc(NC(=O)[C@@H]2CC(c3ccccc3F)=NO2)cc1. The van der Waals surface area contributed by atoms with Crippen LogP contribution in [0.4, 0.5) is 10.1 Å². The van der Waals surface area contributed by atoms with Gasteiger partial charge in [0.1, 0.15) is 11.6 Å². The highest BCUT2D eigenvalue weighted by molar-refractivity contribution is 6.06. The van der Waals surface area contributed by atoms with Crippen molar-refractivity contribution in [3.63, 3.8) is 0 Å². The zero-order valence-corrected chi connectivity index (χ0v) is 12.5. The summed E-state index contributed by atoms with van der Waals surface area (Å²) < 4.78 is 18.8. The number of carbonyl (C=O) groups is 1. The number of amides is 1. The fraction of sp³-hybridized carbons (Fsp3) is 0.176. The van der Waals surface area contributed by atoms with Gasteiger partial charge in [-0.1, -0.05) is 23.4 Å². The minimum atomic E-state index is -0.772. The van der Waals surface area contributed by atoms with E-state index in [4.69, 9.17) is 9.57 Å². The molecule has 23 heavy (non-hydrogen) atoms. The molecular formula is C17H15FN2O3. The summed E-state index contributed by atoms with van der Waals surface area (Å²) in [4.78, 5) is 17.3. The second-order valence-electron chi connectivity index (χ2n) is 5.03. The first kappa shape index (κ1) is 15.0. The standard InChI is InChI=1S/C17H15FN2O3/c1-22-12-8-6-11(7-9-12)19-17(21)16-10-15(20-23-16)13-4-2-3-5-14(13)18/h2-9,16H,10H2,1H3,(H,19,21)/t16-/m0/s1. The fourth-order valence-corrected chi connectivity index (χ4v) is 2.27. The van der Waals surface area contributed by atoms with Crippen LogP contribution >= 0.6 is 0 Å². The van der Waals surface area contributed by atoms with E-state index in [1.165, 1.54) is 6.07 Å². The van der Waals surface area contributed by atoms with E-state index >= 15 is 0 Å². The summed E-state index contributed by atoms with van der Waals surface area (Å²) >= 11 is 0. The van der Waals surface area contributed by atoms with Crippen LogP contribution in [-0.4, -0.2) is 24.8 Å². The number of methoxy groups -OCH3 is 1. The summed E-state index contributed by atoms with van der Waals surface area (Å²) in [5.74, 6) is -0.0124. The molecule has 1 aliphatic heterocycles. The Hall–Kier alpha value is -2.89. The molecule has 0 bridgehead atoms. The van der Waals surface area contributed by atoms with Gasteiger partial charge in [0.2, 0.25) is 6.10 Å². The maximum atomic E-state index is 13.7. The Morgan fingerprint density at radius 1 is 1.26 bits per heavy atom. The molecule has 2 aromatic carbocycles. The lowest BCUT2D eigenvalue weighted by atomic mass is 10.0. The molecule has 0 fully saturated rings. The predicted octanol–water partition coefficient (Wildman–Crippen LogP) is 2.97. The molecule has 1 heterocycles. The first-order valence-corrected chi connectivity index (χ1v) is 7.10. The molecule has 1 aliphatic rings. The third-order valence-corrected chi connectivity index (χ3v) is 3.50. The zero-order valence-electron chi connectivity index (χ0n) is 12.5. The van der Waals surface area contributed by atoms with E-state index in [1.54, 1.807) is 49.6 Å². The molecule has 3 rings (SSSR count). The number of nitrogens with one attached hydrogen (secondary N) is 1. The molecule has 5 nitrogen and oxygen atoms in total. The number of carbonyl (C=O) groups excluding carboxylic acids is 1. The number of hydrogen-bond donors (Lipinski definition) is 1. The first-order valence-electron chi connectivity index (χ1n) is 7.10. The molecule has 0 saturated heterocycles. The second kappa shape index (κ2) is 6.48. The number of anilines is 1. The van der Waals surface area contributed by atoms with E-state index in [0.717, 1.165) is 0 Å². The molecule has 0 unspecified atom stereocenters. The van der Waals surface area contributed by atoms with E-state index in [9.17, 15) is 9.18 Å². The number of ether oxygens (including phenoxy) is 1. The van der Waals surface area contributed by atoms with Crippen LogP contribution in [0.5, 0.6) is 5.75 Å². The second-order valence-corrected chi connectivity index (χ2v) is 5.03. The van der Waals surface area contributed by atoms with Crippen LogP contribution in [0.15, 0.2) is 53.7 Å². The van der Waals surface area contributed by atoms with Crippen molar-refractivity contribution in [3.8, 4) is 5.75 Å². The Labute approximate surface area is 132 Å². The van der Waals surface area contributed by atoms with Crippen molar-refractivity contribution in [1.82, 2.24) is 0 Å². The maximum Gasteiger partial charge on any atom is 0.268 e. The Morgan fingerprint density at radius 2 is 2.00 bits per heavy atom. The van der Waals surface area contributed by atoms with Crippen molar-refractivity contribution in [2.75, 3.05) is 12.4 Å². The summed E-state index contributed by atoms with van der Waals surface area (Å²) in [6.07, 6.45) is -0.546.